The number of sulfonamides is 1. The molecule has 2 atom stereocenters. The van der Waals surface area contributed by atoms with Gasteiger partial charge in [0, 0.05) is 38.1 Å². The van der Waals surface area contributed by atoms with Crippen molar-refractivity contribution >= 4 is 15.9 Å². The second-order valence-corrected chi connectivity index (χ2v) is 10.8. The Morgan fingerprint density at radius 1 is 1.14 bits per heavy atom. The molecule has 0 spiro atoms. The maximum atomic E-state index is 12.8. The van der Waals surface area contributed by atoms with Crippen LogP contribution in [-0.4, -0.2) is 62.3 Å². The fraction of sp³-hybridized carbons (Fsp3) is 0.682. The van der Waals surface area contributed by atoms with Gasteiger partial charge >= 0.3 is 0 Å². The van der Waals surface area contributed by atoms with Crippen molar-refractivity contribution in [1.82, 2.24) is 14.5 Å². The van der Waals surface area contributed by atoms with E-state index in [1.807, 2.05) is 19.1 Å². The summed E-state index contributed by atoms with van der Waals surface area (Å²) < 4.78 is 27.1. The normalized spacial score (nSPS) is 23.6. The minimum absolute atomic E-state index is 0.0642. The molecule has 2 aliphatic heterocycles. The summed E-state index contributed by atoms with van der Waals surface area (Å²) in [5.74, 6) is 0.683. The second kappa shape index (κ2) is 9.58. The van der Waals surface area contributed by atoms with Crippen molar-refractivity contribution in [2.24, 2.45) is 11.8 Å². The van der Waals surface area contributed by atoms with Crippen LogP contribution in [0.25, 0.3) is 0 Å². The van der Waals surface area contributed by atoms with Crippen LogP contribution < -0.4 is 5.32 Å². The molecule has 0 bridgehead atoms. The van der Waals surface area contributed by atoms with Crippen LogP contribution in [0.3, 0.4) is 0 Å². The van der Waals surface area contributed by atoms with E-state index in [2.05, 4.69) is 24.1 Å². The second-order valence-electron chi connectivity index (χ2n) is 8.83. The molecule has 2 heterocycles. The van der Waals surface area contributed by atoms with Crippen molar-refractivity contribution < 1.29 is 13.2 Å². The lowest BCUT2D eigenvalue weighted by molar-refractivity contribution is -0.126. The summed E-state index contributed by atoms with van der Waals surface area (Å²) in [6.45, 7) is 10.1. The number of nitrogens with one attached hydrogen (secondary N) is 1. The Morgan fingerprint density at radius 3 is 2.41 bits per heavy atom. The predicted octanol–water partition coefficient (Wildman–Crippen LogP) is 2.63. The lowest BCUT2D eigenvalue weighted by atomic mass is 9.97. The molecule has 6 nitrogen and oxygen atoms in total. The van der Waals surface area contributed by atoms with Crippen LogP contribution in [0, 0.1) is 18.8 Å². The van der Waals surface area contributed by atoms with E-state index in [4.69, 9.17) is 0 Å². The SMILES string of the molecule is Cc1ccc(S(=O)(=O)N2CCC(C(=O)NCC(C)N3CCCC(C)C3)CC2)cc1. The highest BCUT2D eigenvalue weighted by molar-refractivity contribution is 7.89. The van der Waals surface area contributed by atoms with Crippen molar-refractivity contribution in [1.29, 1.82) is 0 Å². The summed E-state index contributed by atoms with van der Waals surface area (Å²) in [5, 5.41) is 3.11. The summed E-state index contributed by atoms with van der Waals surface area (Å²) in [4.78, 5) is 15.4. The molecule has 2 aliphatic rings. The predicted molar refractivity (Wildman–Crippen MR) is 115 cm³/mol. The Balaban J connectivity index is 1.47. The third-order valence-electron chi connectivity index (χ3n) is 6.37. The first kappa shape index (κ1) is 22.2. The van der Waals surface area contributed by atoms with E-state index >= 15 is 0 Å². The average Bonchev–Trinajstić information content (AvgIpc) is 2.72. The molecule has 1 aromatic carbocycles. The number of likely N-dealkylation sites (tertiary alicyclic amines) is 1. The number of hydrogen-bond donors (Lipinski definition) is 1. The van der Waals surface area contributed by atoms with Crippen LogP contribution in [0.1, 0.15) is 45.1 Å². The molecule has 2 fully saturated rings. The molecule has 162 valence electrons. The fourth-order valence-electron chi connectivity index (χ4n) is 4.37. The summed E-state index contributed by atoms with van der Waals surface area (Å²) in [6.07, 6.45) is 3.67. The molecule has 1 amide bonds. The molecule has 0 saturated carbocycles. The van der Waals surface area contributed by atoms with E-state index in [1.165, 1.54) is 17.1 Å². The molecule has 0 aliphatic carbocycles. The number of carbonyl (C=O) groups is 1. The molecule has 29 heavy (non-hydrogen) atoms. The van der Waals surface area contributed by atoms with Crippen molar-refractivity contribution in [3.63, 3.8) is 0 Å². The van der Waals surface area contributed by atoms with Crippen molar-refractivity contribution in [2.75, 3.05) is 32.7 Å². The highest BCUT2D eigenvalue weighted by atomic mass is 32.2. The Morgan fingerprint density at radius 2 is 1.79 bits per heavy atom. The van der Waals surface area contributed by atoms with Crippen molar-refractivity contribution in [3.05, 3.63) is 29.8 Å². The maximum absolute atomic E-state index is 12.8. The topological polar surface area (TPSA) is 69.7 Å². The zero-order valence-electron chi connectivity index (χ0n) is 17.9. The van der Waals surface area contributed by atoms with E-state index in [-0.39, 0.29) is 11.8 Å². The van der Waals surface area contributed by atoms with Gasteiger partial charge in [-0.1, -0.05) is 24.6 Å². The van der Waals surface area contributed by atoms with Gasteiger partial charge in [0.1, 0.15) is 0 Å². The molecule has 0 radical (unpaired) electrons. The van der Waals surface area contributed by atoms with Crippen LogP contribution >= 0.6 is 0 Å². The van der Waals surface area contributed by atoms with Gasteiger partial charge in [0.25, 0.3) is 0 Å². The van der Waals surface area contributed by atoms with Gasteiger partial charge in [0.15, 0.2) is 0 Å². The zero-order chi connectivity index (χ0) is 21.0. The molecule has 2 saturated heterocycles. The van der Waals surface area contributed by atoms with E-state index in [0.29, 0.717) is 43.4 Å². The number of carbonyl (C=O) groups excluding carboxylic acids is 1. The summed E-state index contributed by atoms with van der Waals surface area (Å²) in [7, 11) is -3.48. The molecular weight excluding hydrogens is 386 g/mol. The van der Waals surface area contributed by atoms with Gasteiger partial charge in [-0.25, -0.2) is 8.42 Å². The van der Waals surface area contributed by atoms with Gasteiger partial charge in [-0.15, -0.1) is 0 Å². The molecule has 0 aromatic heterocycles. The van der Waals surface area contributed by atoms with E-state index in [0.717, 1.165) is 24.6 Å². The van der Waals surface area contributed by atoms with Crippen LogP contribution in [-0.2, 0) is 14.8 Å². The van der Waals surface area contributed by atoms with Crippen LogP contribution in [0.15, 0.2) is 29.2 Å². The molecule has 1 aromatic rings. The zero-order valence-corrected chi connectivity index (χ0v) is 18.7. The number of benzene rings is 1. The maximum Gasteiger partial charge on any atom is 0.243 e. The summed E-state index contributed by atoms with van der Waals surface area (Å²) in [5.41, 5.74) is 1.03. The van der Waals surface area contributed by atoms with Gasteiger partial charge in [0.05, 0.1) is 4.90 Å². The first-order valence-corrected chi connectivity index (χ1v) is 12.3. The Kier molecular flexibility index (Phi) is 7.35. The lowest BCUT2D eigenvalue weighted by Crippen LogP contribution is -2.48. The van der Waals surface area contributed by atoms with Crippen LogP contribution in [0.2, 0.25) is 0 Å². The van der Waals surface area contributed by atoms with Crippen molar-refractivity contribution in [2.45, 2.75) is 57.4 Å². The number of piperidine rings is 2. The summed E-state index contributed by atoms with van der Waals surface area (Å²) >= 11 is 0. The van der Waals surface area contributed by atoms with Crippen LogP contribution in [0.5, 0.6) is 0 Å². The van der Waals surface area contributed by atoms with Crippen LogP contribution in [0.4, 0.5) is 0 Å². The number of hydrogen-bond acceptors (Lipinski definition) is 4. The van der Waals surface area contributed by atoms with Gasteiger partial charge in [-0.05, 0) is 64.1 Å². The smallest absolute Gasteiger partial charge is 0.243 e. The average molecular weight is 422 g/mol. The Labute approximate surface area is 175 Å². The first-order valence-electron chi connectivity index (χ1n) is 10.9. The monoisotopic (exact) mass is 421 g/mol. The molecular formula is C22H35N3O3S. The quantitative estimate of drug-likeness (QED) is 0.767. The van der Waals surface area contributed by atoms with Gasteiger partial charge in [-0.2, -0.15) is 4.31 Å². The standard InChI is InChI=1S/C22H35N3O3S/c1-17-6-8-21(9-7-17)29(27,28)25-13-10-20(11-14-25)22(26)23-15-19(3)24-12-4-5-18(2)16-24/h6-9,18-20H,4-5,10-16H2,1-3H3,(H,23,26). The van der Waals surface area contributed by atoms with E-state index in [1.54, 1.807) is 12.1 Å². The largest absolute Gasteiger partial charge is 0.354 e. The minimum atomic E-state index is -3.48. The van der Waals surface area contributed by atoms with E-state index < -0.39 is 10.0 Å². The Bertz CT molecular complexity index is 786. The van der Waals surface area contributed by atoms with E-state index in [9.17, 15) is 13.2 Å². The minimum Gasteiger partial charge on any atom is -0.354 e. The number of rotatable bonds is 6. The molecule has 2 unspecified atom stereocenters. The molecule has 7 heteroatoms. The van der Waals surface area contributed by atoms with Gasteiger partial charge in [-0.3, -0.25) is 9.69 Å². The number of nitrogens with zero attached hydrogens (tertiary/aromatic N) is 2. The number of aryl methyl sites for hydroxylation is 1. The molecule has 3 rings (SSSR count). The van der Waals surface area contributed by atoms with Gasteiger partial charge in [0.2, 0.25) is 15.9 Å². The fourth-order valence-corrected chi connectivity index (χ4v) is 5.84. The summed E-state index contributed by atoms with van der Waals surface area (Å²) in [6, 6.07) is 7.29. The Hall–Kier alpha value is -1.44. The van der Waals surface area contributed by atoms with Crippen molar-refractivity contribution in [3.8, 4) is 0 Å². The highest BCUT2D eigenvalue weighted by Gasteiger charge is 2.32. The lowest BCUT2D eigenvalue weighted by Gasteiger charge is -2.36. The molecule has 1 N–H and O–H groups in total. The van der Waals surface area contributed by atoms with Gasteiger partial charge < -0.3 is 5.32 Å². The first-order chi connectivity index (χ1) is 13.8. The third kappa shape index (κ3) is 5.58. The number of amides is 1. The highest BCUT2D eigenvalue weighted by Crippen LogP contribution is 2.24. The third-order valence-corrected chi connectivity index (χ3v) is 8.28.